The molecule has 1 aromatic carbocycles. The Morgan fingerprint density at radius 2 is 2.05 bits per heavy atom. The second-order valence-electron chi connectivity index (χ2n) is 4.59. The number of pyridine rings is 1. The van der Waals surface area contributed by atoms with Crippen molar-refractivity contribution in [2.24, 2.45) is 0 Å². The van der Waals surface area contributed by atoms with Crippen LogP contribution >= 0.6 is 0 Å². The topological polar surface area (TPSA) is 56.9 Å². The molecule has 0 amide bonds. The zero-order valence-corrected chi connectivity index (χ0v) is 10.9. The van der Waals surface area contributed by atoms with E-state index in [0.29, 0.717) is 16.9 Å². The third kappa shape index (κ3) is 3.87. The maximum atomic E-state index is 12.7. The predicted octanol–water partition coefficient (Wildman–Crippen LogP) is 1.23. The van der Waals surface area contributed by atoms with E-state index in [1.165, 1.54) is 6.07 Å². The second kappa shape index (κ2) is 6.45. The van der Waals surface area contributed by atoms with Gasteiger partial charge in [0.05, 0.1) is 0 Å². The Hall–Kier alpha value is -1.72. The molecule has 0 saturated carbocycles. The number of piperazine rings is 1. The van der Waals surface area contributed by atoms with Crippen molar-refractivity contribution in [1.29, 1.82) is 0 Å². The highest BCUT2D eigenvalue weighted by atomic mass is 19.1. The molecule has 0 aliphatic carbocycles. The molecule has 3 rings (SSSR count). The number of halogens is 1. The number of nitrogens with one attached hydrogen (secondary N) is 3. The van der Waals surface area contributed by atoms with E-state index in [9.17, 15) is 9.18 Å². The molecule has 1 atom stereocenters. The van der Waals surface area contributed by atoms with Gasteiger partial charge in [0.25, 0.3) is 5.56 Å². The summed E-state index contributed by atoms with van der Waals surface area (Å²) < 4.78 is 12.7. The summed E-state index contributed by atoms with van der Waals surface area (Å²) in [6, 6.07) is 8.96. The van der Waals surface area contributed by atoms with Crippen LogP contribution in [0.5, 0.6) is 0 Å². The molecule has 0 spiro atoms. The first-order chi connectivity index (χ1) is 9.16. The van der Waals surface area contributed by atoms with E-state index in [1.807, 2.05) is 0 Å². The van der Waals surface area contributed by atoms with Crippen molar-refractivity contribution in [2.45, 2.75) is 13.0 Å². The third-order valence-electron chi connectivity index (χ3n) is 2.95. The number of aromatic amines is 1. The molecule has 2 aromatic rings. The Kier molecular flexibility index (Phi) is 4.65. The van der Waals surface area contributed by atoms with Gasteiger partial charge in [-0.3, -0.25) is 4.79 Å². The normalized spacial score (nSPS) is 18.7. The molecular weight excluding hydrogens is 245 g/mol. The van der Waals surface area contributed by atoms with Gasteiger partial charge in [0.2, 0.25) is 0 Å². The van der Waals surface area contributed by atoms with Gasteiger partial charge in [0.1, 0.15) is 0 Å². The van der Waals surface area contributed by atoms with Crippen LogP contribution < -0.4 is 16.2 Å². The summed E-state index contributed by atoms with van der Waals surface area (Å²) in [5.41, 5.74) is -0.0161. The highest BCUT2D eigenvalue weighted by Crippen LogP contribution is 2.08. The first-order valence-electron chi connectivity index (χ1n) is 6.38. The summed E-state index contributed by atoms with van der Waals surface area (Å²) in [5.74, 6) is -0.742. The van der Waals surface area contributed by atoms with E-state index >= 15 is 0 Å². The highest BCUT2D eigenvalue weighted by molar-refractivity contribution is 5.77. The SMILES string of the molecule is CC1CNCCN1.O=c1[nH]c2ccccc2cc1F. The molecule has 5 heteroatoms. The summed E-state index contributed by atoms with van der Waals surface area (Å²) in [6.07, 6.45) is 0. The van der Waals surface area contributed by atoms with Crippen LogP contribution in [-0.4, -0.2) is 30.7 Å². The fourth-order valence-corrected chi connectivity index (χ4v) is 1.92. The van der Waals surface area contributed by atoms with Crippen LogP contribution in [0.1, 0.15) is 6.92 Å². The lowest BCUT2D eigenvalue weighted by molar-refractivity contribution is 0.442. The van der Waals surface area contributed by atoms with Gasteiger partial charge in [0.15, 0.2) is 5.82 Å². The quantitative estimate of drug-likeness (QED) is 0.670. The number of benzene rings is 1. The van der Waals surface area contributed by atoms with Crippen molar-refractivity contribution in [3.05, 3.63) is 46.5 Å². The van der Waals surface area contributed by atoms with E-state index in [-0.39, 0.29) is 0 Å². The molecule has 0 radical (unpaired) electrons. The van der Waals surface area contributed by atoms with Gasteiger partial charge in [-0.15, -0.1) is 0 Å². The number of hydrogen-bond donors (Lipinski definition) is 3. The lowest BCUT2D eigenvalue weighted by Crippen LogP contribution is -2.46. The smallest absolute Gasteiger partial charge is 0.284 e. The standard InChI is InChI=1S/C9H6FNO.C5H12N2/c10-7-5-6-3-1-2-4-8(6)11-9(7)12;1-5-4-6-2-3-7-5/h1-5H,(H,11,12);5-7H,2-4H2,1H3. The Morgan fingerprint density at radius 3 is 2.68 bits per heavy atom. The fourth-order valence-electron chi connectivity index (χ4n) is 1.92. The molecule has 4 nitrogen and oxygen atoms in total. The van der Waals surface area contributed by atoms with Gasteiger partial charge in [-0.1, -0.05) is 18.2 Å². The Bertz CT molecular complexity index is 591. The number of H-pyrrole nitrogens is 1. The molecule has 0 bridgehead atoms. The van der Waals surface area contributed by atoms with Gasteiger partial charge in [0, 0.05) is 36.6 Å². The summed E-state index contributed by atoms with van der Waals surface area (Å²) >= 11 is 0. The van der Waals surface area contributed by atoms with Gasteiger partial charge in [-0.05, 0) is 19.1 Å². The van der Waals surface area contributed by atoms with Crippen LogP contribution in [0.4, 0.5) is 4.39 Å². The molecule has 1 fully saturated rings. The average molecular weight is 263 g/mol. The first-order valence-corrected chi connectivity index (χ1v) is 6.38. The average Bonchev–Trinajstić information content (AvgIpc) is 2.42. The van der Waals surface area contributed by atoms with Crippen LogP contribution in [0.3, 0.4) is 0 Å². The molecule has 19 heavy (non-hydrogen) atoms. The van der Waals surface area contributed by atoms with E-state index in [1.54, 1.807) is 24.3 Å². The van der Waals surface area contributed by atoms with Crippen molar-refractivity contribution in [1.82, 2.24) is 15.6 Å². The maximum Gasteiger partial charge on any atom is 0.284 e. The van der Waals surface area contributed by atoms with E-state index in [4.69, 9.17) is 0 Å². The summed E-state index contributed by atoms with van der Waals surface area (Å²) in [4.78, 5) is 13.2. The lowest BCUT2D eigenvalue weighted by atomic mass is 10.2. The largest absolute Gasteiger partial charge is 0.319 e. The van der Waals surface area contributed by atoms with Crippen LogP contribution in [-0.2, 0) is 0 Å². The molecule has 1 unspecified atom stereocenters. The number of para-hydroxylation sites is 1. The molecule has 1 aliphatic rings. The monoisotopic (exact) mass is 263 g/mol. The predicted molar refractivity (Wildman–Crippen MR) is 74.9 cm³/mol. The van der Waals surface area contributed by atoms with Crippen molar-refractivity contribution in [2.75, 3.05) is 19.6 Å². The minimum atomic E-state index is -0.742. The van der Waals surface area contributed by atoms with Crippen LogP contribution in [0.15, 0.2) is 35.1 Å². The van der Waals surface area contributed by atoms with Gasteiger partial charge >= 0.3 is 0 Å². The van der Waals surface area contributed by atoms with Gasteiger partial charge in [-0.25, -0.2) is 4.39 Å². The number of hydrogen-bond acceptors (Lipinski definition) is 3. The lowest BCUT2D eigenvalue weighted by Gasteiger charge is -2.19. The zero-order chi connectivity index (χ0) is 13.7. The van der Waals surface area contributed by atoms with E-state index < -0.39 is 11.4 Å². The van der Waals surface area contributed by atoms with E-state index in [0.717, 1.165) is 19.6 Å². The number of rotatable bonds is 0. The minimum Gasteiger partial charge on any atom is -0.319 e. The minimum absolute atomic E-state index is 0.656. The first kappa shape index (κ1) is 13.7. The Labute approximate surface area is 111 Å². The van der Waals surface area contributed by atoms with Crippen molar-refractivity contribution < 1.29 is 4.39 Å². The molecule has 2 heterocycles. The van der Waals surface area contributed by atoms with Crippen molar-refractivity contribution in [3.8, 4) is 0 Å². The molecule has 3 N–H and O–H groups in total. The van der Waals surface area contributed by atoms with Crippen molar-refractivity contribution in [3.63, 3.8) is 0 Å². The zero-order valence-electron chi connectivity index (χ0n) is 10.9. The third-order valence-corrected chi connectivity index (χ3v) is 2.95. The van der Waals surface area contributed by atoms with Crippen LogP contribution in [0.2, 0.25) is 0 Å². The summed E-state index contributed by atoms with van der Waals surface area (Å²) in [7, 11) is 0. The summed E-state index contributed by atoms with van der Waals surface area (Å²) in [5, 5.41) is 7.29. The van der Waals surface area contributed by atoms with Crippen molar-refractivity contribution >= 4 is 10.9 Å². The molecule has 1 aliphatic heterocycles. The highest BCUT2D eigenvalue weighted by Gasteiger charge is 2.03. The molecule has 1 saturated heterocycles. The van der Waals surface area contributed by atoms with Crippen LogP contribution in [0.25, 0.3) is 10.9 Å². The number of aromatic nitrogens is 1. The van der Waals surface area contributed by atoms with Crippen LogP contribution in [0, 0.1) is 5.82 Å². The molecule has 102 valence electrons. The summed E-state index contributed by atoms with van der Waals surface area (Å²) in [6.45, 7) is 5.57. The molecular formula is C14H18FN3O. The molecule has 1 aromatic heterocycles. The fraction of sp³-hybridized carbons (Fsp3) is 0.357. The maximum absolute atomic E-state index is 12.7. The van der Waals surface area contributed by atoms with E-state index in [2.05, 4.69) is 22.5 Å². The Morgan fingerprint density at radius 1 is 1.26 bits per heavy atom. The Balaban J connectivity index is 0.000000163. The van der Waals surface area contributed by atoms with Gasteiger partial charge < -0.3 is 15.6 Å². The number of fused-ring (bicyclic) bond motifs is 1. The second-order valence-corrected chi connectivity index (χ2v) is 4.59. The van der Waals surface area contributed by atoms with Gasteiger partial charge in [-0.2, -0.15) is 0 Å².